The van der Waals surface area contributed by atoms with Crippen molar-refractivity contribution in [3.8, 4) is 17.3 Å². The normalized spacial score (nSPS) is 24.9. The smallest absolute Gasteiger partial charge is 0.218 e. The van der Waals surface area contributed by atoms with Crippen LogP contribution >= 0.6 is 12.2 Å². The summed E-state index contributed by atoms with van der Waals surface area (Å²) in [5.74, 6) is 1.10. The molecule has 2 aromatic heterocycles. The molecule has 4 heterocycles. The molecule has 0 saturated carbocycles. The highest BCUT2D eigenvalue weighted by molar-refractivity contribution is 7.71. The fourth-order valence-electron chi connectivity index (χ4n) is 3.44. The first kappa shape index (κ1) is 15.7. The molecule has 26 heavy (non-hydrogen) atoms. The number of ketones is 1. The molecule has 2 aliphatic rings. The van der Waals surface area contributed by atoms with Gasteiger partial charge in [0.1, 0.15) is 6.10 Å². The molecule has 0 N–H and O–H groups in total. The van der Waals surface area contributed by atoms with E-state index in [1.165, 1.54) is 0 Å². The number of aromatic nitrogens is 3. The van der Waals surface area contributed by atoms with Crippen molar-refractivity contribution in [2.75, 3.05) is 6.61 Å². The number of hydrogen-bond donors (Lipinski definition) is 0. The molecule has 7 nitrogen and oxygen atoms in total. The lowest BCUT2D eigenvalue weighted by Crippen LogP contribution is -2.37. The van der Waals surface area contributed by atoms with Crippen molar-refractivity contribution < 1.29 is 18.7 Å². The second-order valence-electron chi connectivity index (χ2n) is 6.28. The molecule has 0 radical (unpaired) electrons. The van der Waals surface area contributed by atoms with Crippen LogP contribution in [0.4, 0.5) is 0 Å². The van der Waals surface area contributed by atoms with Gasteiger partial charge in [0.2, 0.25) is 16.9 Å². The van der Waals surface area contributed by atoms with Gasteiger partial charge in [-0.3, -0.25) is 9.36 Å². The maximum absolute atomic E-state index is 12.2. The number of hydrogen-bond acceptors (Lipinski definition) is 6. The third-order valence-corrected chi connectivity index (χ3v) is 5.05. The standard InChI is InChI=1S/C18H15N3O4S/c22-13-9-12(15-10-24-17(13)25-15)21-18(26)20(11-5-2-1-3-6-11)16(19-21)14-7-4-8-23-14/h1-8,12,15,17H,9-10H2/t12-,15-,17+/m1/s1. The summed E-state index contributed by atoms with van der Waals surface area (Å²) in [5, 5.41) is 4.70. The Morgan fingerprint density at radius 1 is 1.15 bits per heavy atom. The molecule has 2 aliphatic heterocycles. The zero-order valence-corrected chi connectivity index (χ0v) is 14.5. The van der Waals surface area contributed by atoms with Crippen LogP contribution in [0.2, 0.25) is 0 Å². The lowest BCUT2D eigenvalue weighted by molar-refractivity contribution is -0.156. The maximum atomic E-state index is 12.2. The van der Waals surface area contributed by atoms with Crippen LogP contribution in [0.1, 0.15) is 12.5 Å². The monoisotopic (exact) mass is 369 g/mol. The summed E-state index contributed by atoms with van der Waals surface area (Å²) in [4.78, 5) is 12.2. The van der Waals surface area contributed by atoms with Gasteiger partial charge in [-0.25, -0.2) is 4.68 Å². The number of Topliss-reactive ketones (excluding diaryl/α,β-unsaturated/α-hetero) is 1. The van der Waals surface area contributed by atoms with E-state index in [2.05, 4.69) is 0 Å². The topological polar surface area (TPSA) is 71.4 Å². The molecule has 0 unspecified atom stereocenters. The van der Waals surface area contributed by atoms with Crippen molar-refractivity contribution in [2.45, 2.75) is 24.9 Å². The van der Waals surface area contributed by atoms with Gasteiger partial charge >= 0.3 is 0 Å². The molecule has 8 heteroatoms. The molecule has 2 saturated heterocycles. The third kappa shape index (κ3) is 2.38. The Bertz CT molecular complexity index is 1010. The van der Waals surface area contributed by atoms with Crippen molar-refractivity contribution in [2.24, 2.45) is 0 Å². The highest BCUT2D eigenvalue weighted by atomic mass is 32.1. The van der Waals surface area contributed by atoms with Gasteiger partial charge in [-0.05, 0) is 36.5 Å². The molecule has 0 spiro atoms. The van der Waals surface area contributed by atoms with Gasteiger partial charge in [0.05, 0.1) is 24.6 Å². The first-order valence-electron chi connectivity index (χ1n) is 8.33. The summed E-state index contributed by atoms with van der Waals surface area (Å²) in [6.45, 7) is 0.358. The molecule has 0 amide bonds. The minimum absolute atomic E-state index is 0.0838. The summed E-state index contributed by atoms with van der Waals surface area (Å²) < 4.78 is 20.6. The van der Waals surface area contributed by atoms with Crippen LogP contribution in [0.15, 0.2) is 53.1 Å². The van der Waals surface area contributed by atoms with E-state index in [-0.39, 0.29) is 24.3 Å². The molecule has 3 atom stereocenters. The largest absolute Gasteiger partial charge is 0.461 e. The van der Waals surface area contributed by atoms with E-state index in [9.17, 15) is 4.79 Å². The van der Waals surface area contributed by atoms with Crippen LogP contribution < -0.4 is 0 Å². The molecule has 1 aromatic carbocycles. The van der Waals surface area contributed by atoms with Gasteiger partial charge in [0.25, 0.3) is 0 Å². The number of fused-ring (bicyclic) bond motifs is 2. The molecule has 132 valence electrons. The van der Waals surface area contributed by atoms with E-state index in [0.717, 1.165) is 5.69 Å². The second-order valence-corrected chi connectivity index (χ2v) is 6.64. The van der Waals surface area contributed by atoms with Crippen molar-refractivity contribution >= 4 is 18.0 Å². The second kappa shape index (κ2) is 6.01. The summed E-state index contributed by atoms with van der Waals surface area (Å²) in [7, 11) is 0. The molecular weight excluding hydrogens is 354 g/mol. The Balaban J connectivity index is 1.68. The predicted octanol–water partition coefficient (Wildman–Crippen LogP) is 2.92. The summed E-state index contributed by atoms with van der Waals surface area (Å²) in [6.07, 6.45) is 0.891. The number of benzene rings is 1. The SMILES string of the molecule is O=C1C[C@@H](n2nc(-c3ccco3)n(-c3ccccc3)c2=S)[C@H]2CO[C@H]1O2. The number of ether oxygens (including phenoxy) is 2. The average Bonchev–Trinajstić information content (AvgIpc) is 3.39. The lowest BCUT2D eigenvalue weighted by atomic mass is 10.0. The predicted molar refractivity (Wildman–Crippen MR) is 93.4 cm³/mol. The molecule has 5 rings (SSSR count). The number of nitrogens with zero attached hydrogens (tertiary/aromatic N) is 3. The lowest BCUT2D eigenvalue weighted by Gasteiger charge is -2.26. The van der Waals surface area contributed by atoms with Gasteiger partial charge in [0.15, 0.2) is 11.5 Å². The fraction of sp³-hybridized carbons (Fsp3) is 0.278. The van der Waals surface area contributed by atoms with Crippen molar-refractivity contribution in [1.82, 2.24) is 14.3 Å². The van der Waals surface area contributed by atoms with Crippen LogP contribution in [-0.4, -0.2) is 39.1 Å². The van der Waals surface area contributed by atoms with E-state index in [1.807, 2.05) is 41.0 Å². The zero-order valence-electron chi connectivity index (χ0n) is 13.6. The molecule has 2 fully saturated rings. The third-order valence-electron chi connectivity index (χ3n) is 4.68. The minimum atomic E-state index is -0.744. The van der Waals surface area contributed by atoms with Crippen LogP contribution in [0.3, 0.4) is 0 Å². The van der Waals surface area contributed by atoms with Crippen LogP contribution in [-0.2, 0) is 14.3 Å². The van der Waals surface area contributed by atoms with Crippen LogP contribution in [0, 0.1) is 4.77 Å². The van der Waals surface area contributed by atoms with Crippen molar-refractivity contribution in [3.05, 3.63) is 53.5 Å². The van der Waals surface area contributed by atoms with Crippen LogP contribution in [0.25, 0.3) is 17.3 Å². The first-order valence-corrected chi connectivity index (χ1v) is 8.74. The van der Waals surface area contributed by atoms with E-state index in [0.29, 0.717) is 23.0 Å². The Morgan fingerprint density at radius 3 is 2.77 bits per heavy atom. The number of carbonyl (C=O) groups excluding carboxylic acids is 1. The van der Waals surface area contributed by atoms with Crippen molar-refractivity contribution in [1.29, 1.82) is 0 Å². The number of carbonyl (C=O) groups is 1. The number of para-hydroxylation sites is 1. The molecule has 2 bridgehead atoms. The summed E-state index contributed by atoms with van der Waals surface area (Å²) in [5.41, 5.74) is 0.874. The van der Waals surface area contributed by atoms with Gasteiger partial charge in [-0.15, -0.1) is 5.10 Å². The van der Waals surface area contributed by atoms with Crippen LogP contribution in [0.5, 0.6) is 0 Å². The average molecular weight is 369 g/mol. The molecule has 0 aliphatic carbocycles. The van der Waals surface area contributed by atoms with Gasteiger partial charge < -0.3 is 13.9 Å². The van der Waals surface area contributed by atoms with Gasteiger partial charge in [-0.1, -0.05) is 18.2 Å². The Hall–Kier alpha value is -2.55. The fourth-order valence-corrected chi connectivity index (χ4v) is 3.81. The Labute approximate surface area is 153 Å². The number of rotatable bonds is 3. The Morgan fingerprint density at radius 2 is 2.00 bits per heavy atom. The minimum Gasteiger partial charge on any atom is -0.461 e. The number of furan rings is 1. The molecular formula is C18H15N3O4S. The van der Waals surface area contributed by atoms with E-state index in [1.54, 1.807) is 17.0 Å². The van der Waals surface area contributed by atoms with Crippen molar-refractivity contribution in [3.63, 3.8) is 0 Å². The Kier molecular flexibility index (Phi) is 3.63. The highest BCUT2D eigenvalue weighted by Crippen LogP contribution is 2.34. The maximum Gasteiger partial charge on any atom is 0.218 e. The van der Waals surface area contributed by atoms with E-state index < -0.39 is 6.29 Å². The summed E-state index contributed by atoms with van der Waals surface area (Å²) in [6, 6.07) is 13.0. The zero-order chi connectivity index (χ0) is 17.7. The van der Waals surface area contributed by atoms with Gasteiger partial charge in [-0.2, -0.15) is 0 Å². The first-order chi connectivity index (χ1) is 12.7. The summed E-state index contributed by atoms with van der Waals surface area (Å²) >= 11 is 5.72. The quantitative estimate of drug-likeness (QED) is 0.661. The van der Waals surface area contributed by atoms with Gasteiger partial charge in [0, 0.05) is 6.42 Å². The van der Waals surface area contributed by atoms with E-state index in [4.69, 9.17) is 31.2 Å². The van der Waals surface area contributed by atoms with E-state index >= 15 is 0 Å². The molecule has 3 aromatic rings. The highest BCUT2D eigenvalue weighted by Gasteiger charge is 2.45.